The number of nitrogens with zero attached hydrogens (tertiary/aromatic N) is 2. The monoisotopic (exact) mass is 222 g/mol. The van der Waals surface area contributed by atoms with Crippen molar-refractivity contribution in [1.82, 2.24) is 9.78 Å². The first-order chi connectivity index (χ1) is 7.31. The molecule has 2 aromatic rings. The van der Waals surface area contributed by atoms with Gasteiger partial charge in [0, 0.05) is 18.5 Å². The maximum Gasteiger partial charge on any atom is 0.120 e. The van der Waals surface area contributed by atoms with Gasteiger partial charge in [-0.1, -0.05) is 11.6 Å². The smallest absolute Gasteiger partial charge is 0.120 e. The Morgan fingerprint density at radius 1 is 1.47 bits per heavy atom. The van der Waals surface area contributed by atoms with Crippen molar-refractivity contribution >= 4 is 11.6 Å². The first-order valence-electron chi connectivity index (χ1n) is 4.73. The van der Waals surface area contributed by atoms with Crippen LogP contribution in [0.1, 0.15) is 6.92 Å². The first kappa shape index (κ1) is 10.1. The van der Waals surface area contributed by atoms with E-state index in [2.05, 4.69) is 5.10 Å². The molecule has 0 aliphatic carbocycles. The van der Waals surface area contributed by atoms with Crippen molar-refractivity contribution < 1.29 is 4.74 Å². The molecule has 0 saturated heterocycles. The van der Waals surface area contributed by atoms with E-state index in [0.717, 1.165) is 11.4 Å². The molecule has 0 radical (unpaired) electrons. The molecule has 15 heavy (non-hydrogen) atoms. The second-order valence-corrected chi connectivity index (χ2v) is 3.40. The Balaban J connectivity index is 2.35. The van der Waals surface area contributed by atoms with Crippen molar-refractivity contribution in [2.24, 2.45) is 0 Å². The highest BCUT2D eigenvalue weighted by Crippen LogP contribution is 2.24. The van der Waals surface area contributed by atoms with Crippen LogP contribution >= 0.6 is 11.6 Å². The van der Waals surface area contributed by atoms with Gasteiger partial charge in [0.1, 0.15) is 5.75 Å². The third kappa shape index (κ3) is 2.13. The fraction of sp³-hybridized carbons (Fsp3) is 0.182. The summed E-state index contributed by atoms with van der Waals surface area (Å²) in [5.41, 5.74) is 0.852. The Bertz CT molecular complexity index is 440. The van der Waals surface area contributed by atoms with Crippen LogP contribution in [-0.4, -0.2) is 16.4 Å². The number of benzene rings is 1. The van der Waals surface area contributed by atoms with Gasteiger partial charge in [0.05, 0.1) is 17.3 Å². The summed E-state index contributed by atoms with van der Waals surface area (Å²) < 4.78 is 7.07. The molecule has 0 aliphatic rings. The van der Waals surface area contributed by atoms with Crippen molar-refractivity contribution in [3.63, 3.8) is 0 Å². The Hall–Kier alpha value is -1.48. The van der Waals surface area contributed by atoms with Gasteiger partial charge < -0.3 is 4.74 Å². The summed E-state index contributed by atoms with van der Waals surface area (Å²) in [6, 6.07) is 7.42. The summed E-state index contributed by atoms with van der Waals surface area (Å²) in [5, 5.41) is 4.74. The van der Waals surface area contributed by atoms with Crippen molar-refractivity contribution in [3.8, 4) is 11.4 Å². The summed E-state index contributed by atoms with van der Waals surface area (Å²) in [7, 11) is 0. The van der Waals surface area contributed by atoms with E-state index in [-0.39, 0.29) is 0 Å². The quantitative estimate of drug-likeness (QED) is 0.799. The highest BCUT2D eigenvalue weighted by Gasteiger charge is 2.04. The highest BCUT2D eigenvalue weighted by molar-refractivity contribution is 6.32. The molecule has 0 saturated carbocycles. The minimum absolute atomic E-state index is 0.629. The van der Waals surface area contributed by atoms with Crippen molar-refractivity contribution in [1.29, 1.82) is 0 Å². The zero-order valence-corrected chi connectivity index (χ0v) is 9.11. The molecule has 0 N–H and O–H groups in total. The molecule has 0 fully saturated rings. The number of hydrogen-bond donors (Lipinski definition) is 0. The van der Waals surface area contributed by atoms with Gasteiger partial charge in [-0.25, -0.2) is 4.68 Å². The molecule has 4 heteroatoms. The Labute approximate surface area is 93.2 Å². The molecule has 0 atom stereocenters. The lowest BCUT2D eigenvalue weighted by Crippen LogP contribution is -1.97. The van der Waals surface area contributed by atoms with Crippen molar-refractivity contribution in [2.75, 3.05) is 6.61 Å². The van der Waals surface area contributed by atoms with Gasteiger partial charge in [0.25, 0.3) is 0 Å². The molecule has 1 aromatic heterocycles. The fourth-order valence-electron chi connectivity index (χ4n) is 1.34. The number of hydrogen-bond acceptors (Lipinski definition) is 2. The topological polar surface area (TPSA) is 27.1 Å². The molecule has 0 aliphatic heterocycles. The van der Waals surface area contributed by atoms with Crippen LogP contribution in [-0.2, 0) is 0 Å². The number of ether oxygens (including phenoxy) is 1. The van der Waals surface area contributed by atoms with Gasteiger partial charge in [-0.05, 0) is 25.1 Å². The van der Waals surface area contributed by atoms with Gasteiger partial charge in [0.15, 0.2) is 0 Å². The molecule has 1 aromatic carbocycles. The minimum Gasteiger partial charge on any atom is -0.494 e. The Kier molecular flexibility index (Phi) is 2.92. The van der Waals surface area contributed by atoms with Crippen LogP contribution in [0.25, 0.3) is 5.69 Å². The normalized spacial score (nSPS) is 10.3. The highest BCUT2D eigenvalue weighted by atomic mass is 35.5. The van der Waals surface area contributed by atoms with Gasteiger partial charge in [-0.2, -0.15) is 5.10 Å². The third-order valence-corrected chi connectivity index (χ3v) is 2.28. The zero-order chi connectivity index (χ0) is 10.7. The molecule has 0 unspecified atom stereocenters. The van der Waals surface area contributed by atoms with E-state index in [1.54, 1.807) is 16.9 Å². The summed E-state index contributed by atoms with van der Waals surface area (Å²) in [6.07, 6.45) is 3.56. The van der Waals surface area contributed by atoms with Gasteiger partial charge in [-0.15, -0.1) is 0 Å². The van der Waals surface area contributed by atoms with Crippen LogP contribution in [0.15, 0.2) is 36.7 Å². The molecule has 0 spiro atoms. The molecular weight excluding hydrogens is 212 g/mol. The predicted molar refractivity (Wildman–Crippen MR) is 59.7 cm³/mol. The van der Waals surface area contributed by atoms with Crippen LogP contribution in [0.4, 0.5) is 0 Å². The second-order valence-electron chi connectivity index (χ2n) is 3.00. The summed E-state index contributed by atoms with van der Waals surface area (Å²) in [6.45, 7) is 2.58. The largest absolute Gasteiger partial charge is 0.494 e. The van der Waals surface area contributed by atoms with E-state index in [9.17, 15) is 0 Å². The van der Waals surface area contributed by atoms with Crippen LogP contribution in [0.3, 0.4) is 0 Å². The average Bonchev–Trinajstić information content (AvgIpc) is 2.71. The van der Waals surface area contributed by atoms with Crippen LogP contribution in [0, 0.1) is 0 Å². The maximum absolute atomic E-state index is 6.12. The lowest BCUT2D eigenvalue weighted by molar-refractivity contribution is 0.340. The van der Waals surface area contributed by atoms with E-state index < -0.39 is 0 Å². The van der Waals surface area contributed by atoms with Gasteiger partial charge in [-0.3, -0.25) is 0 Å². The summed E-state index contributed by atoms with van der Waals surface area (Å²) in [5.74, 6) is 0.776. The van der Waals surface area contributed by atoms with Crippen LogP contribution in [0.2, 0.25) is 5.02 Å². The van der Waals surface area contributed by atoms with Crippen LogP contribution in [0.5, 0.6) is 5.75 Å². The summed E-state index contributed by atoms with van der Waals surface area (Å²) >= 11 is 6.12. The number of rotatable bonds is 3. The lowest BCUT2D eigenvalue weighted by atomic mass is 10.3. The standard InChI is InChI=1S/C11H11ClN2O/c1-2-15-9-4-5-11(10(12)8-9)14-7-3-6-13-14/h3-8H,2H2,1H3. The van der Waals surface area contributed by atoms with E-state index in [1.807, 2.05) is 31.3 Å². The average molecular weight is 223 g/mol. The zero-order valence-electron chi connectivity index (χ0n) is 8.35. The molecule has 1 heterocycles. The SMILES string of the molecule is CCOc1ccc(-n2cccn2)c(Cl)c1. The van der Waals surface area contributed by atoms with Crippen molar-refractivity contribution in [3.05, 3.63) is 41.7 Å². The number of halogens is 1. The third-order valence-electron chi connectivity index (χ3n) is 1.98. The van der Waals surface area contributed by atoms with E-state index in [1.165, 1.54) is 0 Å². The first-order valence-corrected chi connectivity index (χ1v) is 5.11. The van der Waals surface area contributed by atoms with E-state index >= 15 is 0 Å². The molecular formula is C11H11ClN2O. The minimum atomic E-state index is 0.629. The molecule has 78 valence electrons. The maximum atomic E-state index is 6.12. The summed E-state index contributed by atoms with van der Waals surface area (Å²) in [4.78, 5) is 0. The van der Waals surface area contributed by atoms with E-state index in [0.29, 0.717) is 11.6 Å². The number of aromatic nitrogens is 2. The lowest BCUT2D eigenvalue weighted by Gasteiger charge is -2.07. The molecule has 3 nitrogen and oxygen atoms in total. The van der Waals surface area contributed by atoms with Crippen LogP contribution < -0.4 is 4.74 Å². The fourth-order valence-corrected chi connectivity index (χ4v) is 1.60. The molecule has 0 bridgehead atoms. The molecule has 2 rings (SSSR count). The van der Waals surface area contributed by atoms with E-state index in [4.69, 9.17) is 16.3 Å². The Morgan fingerprint density at radius 3 is 2.93 bits per heavy atom. The Morgan fingerprint density at radius 2 is 2.33 bits per heavy atom. The predicted octanol–water partition coefficient (Wildman–Crippen LogP) is 2.92. The molecule has 0 amide bonds. The van der Waals surface area contributed by atoms with Crippen molar-refractivity contribution in [2.45, 2.75) is 6.92 Å². The van der Waals surface area contributed by atoms with Gasteiger partial charge in [0.2, 0.25) is 0 Å². The van der Waals surface area contributed by atoms with Gasteiger partial charge >= 0.3 is 0 Å². The second kappa shape index (κ2) is 4.36.